The van der Waals surface area contributed by atoms with E-state index in [1.165, 1.54) is 18.4 Å². The lowest BCUT2D eigenvalue weighted by Gasteiger charge is -2.33. The Morgan fingerprint density at radius 2 is 1.96 bits per heavy atom. The summed E-state index contributed by atoms with van der Waals surface area (Å²) in [6.45, 7) is 4.76. The number of piperidine rings is 1. The number of aryl methyl sites for hydroxylation is 3. The molecule has 0 N–H and O–H groups in total. The Labute approximate surface area is 164 Å². The number of aromatic nitrogens is 5. The number of nitrogens with zero attached hydrogens (tertiary/aromatic N) is 6. The highest BCUT2D eigenvalue weighted by Crippen LogP contribution is 2.26. The fourth-order valence-corrected chi connectivity index (χ4v) is 4.32. The zero-order chi connectivity index (χ0) is 18.9. The first-order valence-corrected chi connectivity index (χ1v) is 10.3. The number of fused-ring (bicyclic) bond motifs is 2. The number of rotatable bonds is 4. The molecule has 1 aliphatic heterocycles. The van der Waals surface area contributed by atoms with Gasteiger partial charge in [-0.05, 0) is 56.9 Å². The van der Waals surface area contributed by atoms with E-state index in [0.29, 0.717) is 18.4 Å². The van der Waals surface area contributed by atoms with Crippen LogP contribution in [0.3, 0.4) is 0 Å². The normalized spacial score (nSPS) is 17.7. The molecule has 0 atom stereocenters. The molecule has 0 amide bonds. The van der Waals surface area contributed by atoms with Crippen molar-refractivity contribution < 1.29 is 4.74 Å². The maximum atomic E-state index is 6.01. The molecule has 5 rings (SSSR count). The second-order valence-corrected chi connectivity index (χ2v) is 7.96. The van der Waals surface area contributed by atoms with E-state index in [1.54, 1.807) is 0 Å². The van der Waals surface area contributed by atoms with E-state index in [0.717, 1.165) is 61.6 Å². The summed E-state index contributed by atoms with van der Waals surface area (Å²) >= 11 is 0. The largest absolute Gasteiger partial charge is 0.476 e. The highest BCUT2D eigenvalue weighted by molar-refractivity contribution is 5.50. The van der Waals surface area contributed by atoms with E-state index in [9.17, 15) is 0 Å². The molecular weight excluding hydrogens is 352 g/mol. The Kier molecular flexibility index (Phi) is 4.58. The third kappa shape index (κ3) is 3.41. The summed E-state index contributed by atoms with van der Waals surface area (Å²) in [4.78, 5) is 6.95. The summed E-state index contributed by atoms with van der Waals surface area (Å²) in [6.07, 6.45) is 8.64. The van der Waals surface area contributed by atoms with Gasteiger partial charge in [0.25, 0.3) is 0 Å². The molecule has 1 aliphatic carbocycles. The Morgan fingerprint density at radius 3 is 2.86 bits per heavy atom. The van der Waals surface area contributed by atoms with Crippen molar-refractivity contribution in [2.24, 2.45) is 5.92 Å². The first-order chi connectivity index (χ1) is 13.8. The summed E-state index contributed by atoms with van der Waals surface area (Å²) in [5, 5.41) is 13.1. The van der Waals surface area contributed by atoms with E-state index in [1.807, 2.05) is 23.7 Å². The minimum Gasteiger partial charge on any atom is -0.476 e. The van der Waals surface area contributed by atoms with Crippen LogP contribution in [0.15, 0.2) is 24.4 Å². The van der Waals surface area contributed by atoms with Crippen LogP contribution in [0.25, 0.3) is 5.65 Å². The fourth-order valence-electron chi connectivity index (χ4n) is 4.32. The van der Waals surface area contributed by atoms with Crippen molar-refractivity contribution in [2.45, 2.75) is 45.4 Å². The Balaban J connectivity index is 1.20. The van der Waals surface area contributed by atoms with Crippen LogP contribution in [0.2, 0.25) is 0 Å². The Bertz CT molecular complexity index is 976. The summed E-state index contributed by atoms with van der Waals surface area (Å²) in [5.41, 5.74) is 4.41. The van der Waals surface area contributed by atoms with Crippen molar-refractivity contribution in [3.8, 4) is 5.88 Å². The average molecular weight is 378 g/mol. The molecule has 146 valence electrons. The van der Waals surface area contributed by atoms with Gasteiger partial charge in [-0.1, -0.05) is 0 Å². The quantitative estimate of drug-likeness (QED) is 0.695. The van der Waals surface area contributed by atoms with Gasteiger partial charge in [-0.3, -0.25) is 0 Å². The lowest BCUT2D eigenvalue weighted by molar-refractivity contribution is 0.213. The molecule has 1 fully saturated rings. The summed E-state index contributed by atoms with van der Waals surface area (Å²) in [7, 11) is 0. The van der Waals surface area contributed by atoms with Gasteiger partial charge in [-0.15, -0.1) is 5.10 Å². The molecule has 0 radical (unpaired) electrons. The van der Waals surface area contributed by atoms with Crippen molar-refractivity contribution >= 4 is 11.5 Å². The SMILES string of the molecule is Cc1cc(N2CCC(COc3cc4c(nn3)CCCC4)CC2)n2nccc2n1. The molecule has 7 nitrogen and oxygen atoms in total. The van der Waals surface area contributed by atoms with Crippen LogP contribution in [-0.4, -0.2) is 44.5 Å². The van der Waals surface area contributed by atoms with E-state index in [-0.39, 0.29) is 0 Å². The number of hydrogen-bond donors (Lipinski definition) is 0. The van der Waals surface area contributed by atoms with Gasteiger partial charge in [0.2, 0.25) is 5.88 Å². The maximum Gasteiger partial charge on any atom is 0.233 e. The molecule has 1 saturated heterocycles. The second-order valence-electron chi connectivity index (χ2n) is 7.96. The third-order valence-electron chi connectivity index (χ3n) is 5.92. The van der Waals surface area contributed by atoms with Crippen LogP contribution in [0.1, 0.15) is 42.6 Å². The highest BCUT2D eigenvalue weighted by Gasteiger charge is 2.23. The standard InChI is InChI=1S/C21H26N6O/c1-15-12-21(27-19(23-15)6-9-22-27)26-10-7-16(8-11-26)14-28-20-13-17-4-2-3-5-18(17)24-25-20/h6,9,12-13,16H,2-5,7-8,10-11,14H2,1H3. The first-order valence-electron chi connectivity index (χ1n) is 10.3. The lowest BCUT2D eigenvalue weighted by atomic mass is 9.97. The third-order valence-corrected chi connectivity index (χ3v) is 5.92. The predicted octanol–water partition coefficient (Wildman–Crippen LogP) is 3.00. The van der Waals surface area contributed by atoms with Crippen LogP contribution in [0.4, 0.5) is 5.82 Å². The Hall–Kier alpha value is -2.70. The van der Waals surface area contributed by atoms with E-state index < -0.39 is 0 Å². The summed E-state index contributed by atoms with van der Waals surface area (Å²) in [6, 6.07) is 6.18. The molecule has 3 aromatic heterocycles. The topological polar surface area (TPSA) is 68.4 Å². The monoisotopic (exact) mass is 378 g/mol. The molecule has 0 aromatic carbocycles. The van der Waals surface area contributed by atoms with Gasteiger partial charge in [-0.2, -0.15) is 14.7 Å². The van der Waals surface area contributed by atoms with Gasteiger partial charge in [0.15, 0.2) is 5.65 Å². The zero-order valence-corrected chi connectivity index (χ0v) is 16.3. The van der Waals surface area contributed by atoms with Crippen molar-refractivity contribution in [1.29, 1.82) is 0 Å². The van der Waals surface area contributed by atoms with Crippen LogP contribution >= 0.6 is 0 Å². The smallest absolute Gasteiger partial charge is 0.233 e. The van der Waals surface area contributed by atoms with Gasteiger partial charge in [-0.25, -0.2) is 4.98 Å². The molecule has 7 heteroatoms. The van der Waals surface area contributed by atoms with Crippen LogP contribution < -0.4 is 9.64 Å². The molecule has 3 aromatic rings. The van der Waals surface area contributed by atoms with Gasteiger partial charge in [0, 0.05) is 37.0 Å². The number of anilines is 1. The molecule has 4 heterocycles. The van der Waals surface area contributed by atoms with Crippen molar-refractivity contribution in [3.05, 3.63) is 41.3 Å². The van der Waals surface area contributed by atoms with Gasteiger partial charge in [0.1, 0.15) is 5.82 Å². The van der Waals surface area contributed by atoms with Crippen molar-refractivity contribution in [2.75, 3.05) is 24.6 Å². The summed E-state index contributed by atoms with van der Waals surface area (Å²) < 4.78 is 7.95. The van der Waals surface area contributed by atoms with Gasteiger partial charge >= 0.3 is 0 Å². The Morgan fingerprint density at radius 1 is 1.11 bits per heavy atom. The second kappa shape index (κ2) is 7.37. The van der Waals surface area contributed by atoms with Crippen LogP contribution in [0.5, 0.6) is 5.88 Å². The van der Waals surface area contributed by atoms with Crippen LogP contribution in [-0.2, 0) is 12.8 Å². The molecular formula is C21H26N6O. The van der Waals surface area contributed by atoms with Gasteiger partial charge < -0.3 is 9.64 Å². The molecule has 0 unspecified atom stereocenters. The molecule has 0 spiro atoms. The highest BCUT2D eigenvalue weighted by atomic mass is 16.5. The molecule has 0 saturated carbocycles. The summed E-state index contributed by atoms with van der Waals surface area (Å²) in [5.74, 6) is 2.36. The van der Waals surface area contributed by atoms with E-state index in [4.69, 9.17) is 4.74 Å². The first kappa shape index (κ1) is 17.4. The minimum atomic E-state index is 0.546. The molecule has 0 bridgehead atoms. The zero-order valence-electron chi connectivity index (χ0n) is 16.3. The average Bonchev–Trinajstić information content (AvgIpc) is 3.20. The van der Waals surface area contributed by atoms with Gasteiger partial charge in [0.05, 0.1) is 18.5 Å². The van der Waals surface area contributed by atoms with E-state index in [2.05, 4.69) is 37.3 Å². The molecule has 2 aliphatic rings. The molecule has 28 heavy (non-hydrogen) atoms. The van der Waals surface area contributed by atoms with Crippen LogP contribution in [0, 0.1) is 12.8 Å². The van der Waals surface area contributed by atoms with Crippen molar-refractivity contribution in [1.82, 2.24) is 24.8 Å². The minimum absolute atomic E-state index is 0.546. The number of hydrogen-bond acceptors (Lipinski definition) is 6. The fraction of sp³-hybridized carbons (Fsp3) is 0.524. The predicted molar refractivity (Wildman–Crippen MR) is 107 cm³/mol. The van der Waals surface area contributed by atoms with Crippen molar-refractivity contribution in [3.63, 3.8) is 0 Å². The lowest BCUT2D eigenvalue weighted by Crippen LogP contribution is -2.36. The van der Waals surface area contributed by atoms with E-state index >= 15 is 0 Å². The maximum absolute atomic E-state index is 6.01. The number of ether oxygens (including phenoxy) is 1.